The van der Waals surface area contributed by atoms with E-state index in [9.17, 15) is 0 Å². The van der Waals surface area contributed by atoms with Crippen molar-refractivity contribution in [3.63, 3.8) is 0 Å². The maximum atomic E-state index is 4.91. The summed E-state index contributed by atoms with van der Waals surface area (Å²) in [6.07, 6.45) is 8.90. The lowest BCUT2D eigenvalue weighted by molar-refractivity contribution is 0.416. The highest BCUT2D eigenvalue weighted by Gasteiger charge is 2.25. The van der Waals surface area contributed by atoms with Crippen LogP contribution in [0.1, 0.15) is 44.7 Å². The topological polar surface area (TPSA) is 32.6 Å². The molecule has 2 aromatic heterocycles. The fraction of sp³-hybridized carbons (Fsp3) is 0.667. The number of anilines is 1. The number of aromatic nitrogens is 2. The van der Waals surface area contributed by atoms with Gasteiger partial charge in [-0.05, 0) is 26.8 Å². The highest BCUT2D eigenvalue weighted by molar-refractivity contribution is 7.15. The van der Waals surface area contributed by atoms with Gasteiger partial charge in [-0.15, -0.1) is 11.3 Å². The van der Waals surface area contributed by atoms with Crippen molar-refractivity contribution in [1.29, 1.82) is 0 Å². The number of hydrogen-bond acceptors (Lipinski definition) is 4. The predicted octanol–water partition coefficient (Wildman–Crippen LogP) is 3.27. The highest BCUT2D eigenvalue weighted by atomic mass is 32.1. The first-order valence-corrected chi connectivity index (χ1v) is 8.58. The molecule has 0 aliphatic heterocycles. The standard InChI is InChI=1S/C15H24N4S/c1-3-18(12-7-5-4-6-8-12)14-13(11-16-2)19-9-10-20-15(19)17-14/h9-10,12,16H,3-8,11H2,1-2H3. The second-order valence-electron chi connectivity index (χ2n) is 5.55. The summed E-state index contributed by atoms with van der Waals surface area (Å²) in [4.78, 5) is 8.55. The summed E-state index contributed by atoms with van der Waals surface area (Å²) >= 11 is 1.72. The third-order valence-corrected chi connectivity index (χ3v) is 5.07. The maximum Gasteiger partial charge on any atom is 0.195 e. The van der Waals surface area contributed by atoms with E-state index < -0.39 is 0 Å². The lowest BCUT2D eigenvalue weighted by Crippen LogP contribution is -2.37. The molecule has 0 bridgehead atoms. The third kappa shape index (κ3) is 2.44. The molecule has 0 atom stereocenters. The van der Waals surface area contributed by atoms with Gasteiger partial charge in [-0.25, -0.2) is 4.98 Å². The Morgan fingerprint density at radius 3 is 2.90 bits per heavy atom. The van der Waals surface area contributed by atoms with E-state index in [1.165, 1.54) is 43.6 Å². The fourth-order valence-electron chi connectivity index (χ4n) is 3.36. The number of nitrogens with zero attached hydrogens (tertiary/aromatic N) is 3. The van der Waals surface area contributed by atoms with Crippen molar-refractivity contribution in [2.45, 2.75) is 51.6 Å². The molecule has 3 rings (SSSR count). The average Bonchev–Trinajstić information content (AvgIpc) is 3.05. The van der Waals surface area contributed by atoms with Crippen LogP contribution < -0.4 is 10.2 Å². The molecule has 0 radical (unpaired) electrons. The molecule has 4 nitrogen and oxygen atoms in total. The van der Waals surface area contributed by atoms with Gasteiger partial charge in [-0.2, -0.15) is 0 Å². The highest BCUT2D eigenvalue weighted by Crippen LogP contribution is 2.30. The Balaban J connectivity index is 1.96. The Labute approximate surface area is 124 Å². The number of rotatable bonds is 5. The van der Waals surface area contributed by atoms with Gasteiger partial charge in [0.1, 0.15) is 0 Å². The monoisotopic (exact) mass is 292 g/mol. The van der Waals surface area contributed by atoms with Gasteiger partial charge in [0, 0.05) is 30.7 Å². The zero-order valence-corrected chi connectivity index (χ0v) is 13.2. The zero-order chi connectivity index (χ0) is 13.9. The molecule has 1 aliphatic carbocycles. The van der Waals surface area contributed by atoms with E-state index in [1.54, 1.807) is 11.3 Å². The molecule has 20 heavy (non-hydrogen) atoms. The fourth-order valence-corrected chi connectivity index (χ4v) is 4.08. The van der Waals surface area contributed by atoms with Crippen molar-refractivity contribution in [2.75, 3.05) is 18.5 Å². The maximum absolute atomic E-state index is 4.91. The SMILES string of the molecule is CCN(c1nc2sccn2c1CNC)C1CCCCC1. The Morgan fingerprint density at radius 1 is 1.40 bits per heavy atom. The molecule has 0 unspecified atom stereocenters. The number of thiazole rings is 1. The first-order valence-electron chi connectivity index (χ1n) is 7.70. The van der Waals surface area contributed by atoms with Crippen LogP contribution in [0.5, 0.6) is 0 Å². The molecule has 0 saturated heterocycles. The smallest absolute Gasteiger partial charge is 0.195 e. The minimum absolute atomic E-state index is 0.675. The van der Waals surface area contributed by atoms with E-state index in [0.717, 1.165) is 18.1 Å². The van der Waals surface area contributed by atoms with Gasteiger partial charge in [0.05, 0.1) is 5.69 Å². The molecule has 110 valence electrons. The van der Waals surface area contributed by atoms with Crippen molar-refractivity contribution in [3.8, 4) is 0 Å². The molecule has 1 aliphatic rings. The predicted molar refractivity (Wildman–Crippen MR) is 85.7 cm³/mol. The second kappa shape index (κ2) is 6.14. The summed E-state index contributed by atoms with van der Waals surface area (Å²) in [6.45, 7) is 4.17. The molecule has 1 saturated carbocycles. The lowest BCUT2D eigenvalue weighted by Gasteiger charge is -2.34. The Hall–Kier alpha value is -1.07. The molecule has 5 heteroatoms. The molecular weight excluding hydrogens is 268 g/mol. The molecule has 1 N–H and O–H groups in total. The zero-order valence-electron chi connectivity index (χ0n) is 12.4. The van der Waals surface area contributed by atoms with E-state index >= 15 is 0 Å². The van der Waals surface area contributed by atoms with Gasteiger partial charge < -0.3 is 10.2 Å². The van der Waals surface area contributed by atoms with E-state index in [4.69, 9.17) is 4.98 Å². The van der Waals surface area contributed by atoms with E-state index in [0.29, 0.717) is 6.04 Å². The van der Waals surface area contributed by atoms with Crippen LogP contribution in [-0.4, -0.2) is 29.0 Å². The summed E-state index contributed by atoms with van der Waals surface area (Å²) in [6, 6.07) is 0.675. The number of nitrogens with one attached hydrogen (secondary N) is 1. The van der Waals surface area contributed by atoms with Gasteiger partial charge in [0.25, 0.3) is 0 Å². The van der Waals surface area contributed by atoms with Crippen LogP contribution in [0.25, 0.3) is 4.96 Å². The van der Waals surface area contributed by atoms with Crippen LogP contribution in [0.3, 0.4) is 0 Å². The summed E-state index contributed by atoms with van der Waals surface area (Å²) in [5.41, 5.74) is 1.30. The summed E-state index contributed by atoms with van der Waals surface area (Å²) in [5, 5.41) is 5.40. The Kier molecular flexibility index (Phi) is 4.27. The first kappa shape index (κ1) is 13.9. The van der Waals surface area contributed by atoms with Crippen molar-refractivity contribution in [2.24, 2.45) is 0 Å². The minimum Gasteiger partial charge on any atom is -0.352 e. The van der Waals surface area contributed by atoms with E-state index in [-0.39, 0.29) is 0 Å². The van der Waals surface area contributed by atoms with Gasteiger partial charge in [-0.1, -0.05) is 19.3 Å². The van der Waals surface area contributed by atoms with E-state index in [1.807, 2.05) is 7.05 Å². The van der Waals surface area contributed by atoms with Crippen LogP contribution in [0.2, 0.25) is 0 Å². The largest absolute Gasteiger partial charge is 0.352 e. The van der Waals surface area contributed by atoms with Crippen LogP contribution in [0.4, 0.5) is 5.82 Å². The van der Waals surface area contributed by atoms with Crippen LogP contribution in [-0.2, 0) is 6.54 Å². The Bertz CT molecular complexity index is 553. The van der Waals surface area contributed by atoms with E-state index in [2.05, 4.69) is 33.1 Å². The van der Waals surface area contributed by atoms with Gasteiger partial charge in [-0.3, -0.25) is 4.40 Å². The summed E-state index contributed by atoms with van der Waals surface area (Å²) in [7, 11) is 2.01. The van der Waals surface area contributed by atoms with Crippen LogP contribution in [0.15, 0.2) is 11.6 Å². The van der Waals surface area contributed by atoms with Crippen LogP contribution >= 0.6 is 11.3 Å². The number of imidazole rings is 1. The molecule has 2 heterocycles. The van der Waals surface area contributed by atoms with Gasteiger partial charge in [0.15, 0.2) is 10.8 Å². The normalized spacial score (nSPS) is 16.9. The number of hydrogen-bond donors (Lipinski definition) is 1. The van der Waals surface area contributed by atoms with Crippen molar-refractivity contribution in [3.05, 3.63) is 17.3 Å². The molecular formula is C15H24N4S. The molecule has 0 amide bonds. The quantitative estimate of drug-likeness (QED) is 0.918. The Morgan fingerprint density at radius 2 is 2.20 bits per heavy atom. The molecule has 2 aromatic rings. The second-order valence-corrected chi connectivity index (χ2v) is 6.42. The molecule has 0 spiro atoms. The van der Waals surface area contributed by atoms with Gasteiger partial charge in [0.2, 0.25) is 0 Å². The lowest BCUT2D eigenvalue weighted by atomic mass is 9.94. The first-order chi connectivity index (χ1) is 9.85. The van der Waals surface area contributed by atoms with Crippen molar-refractivity contribution < 1.29 is 0 Å². The summed E-state index contributed by atoms with van der Waals surface area (Å²) in [5.74, 6) is 1.20. The molecule has 0 aromatic carbocycles. The third-order valence-electron chi connectivity index (χ3n) is 4.31. The van der Waals surface area contributed by atoms with Crippen molar-refractivity contribution >= 4 is 22.1 Å². The average molecular weight is 292 g/mol. The minimum atomic E-state index is 0.675. The number of fused-ring (bicyclic) bond motifs is 1. The molecule has 1 fully saturated rings. The van der Waals surface area contributed by atoms with Gasteiger partial charge >= 0.3 is 0 Å². The summed E-state index contributed by atoms with van der Waals surface area (Å²) < 4.78 is 2.24. The van der Waals surface area contributed by atoms with Crippen LogP contribution in [0, 0.1) is 0 Å². The van der Waals surface area contributed by atoms with Crippen molar-refractivity contribution in [1.82, 2.24) is 14.7 Å².